The van der Waals surface area contributed by atoms with Gasteiger partial charge < -0.3 is 5.32 Å². The minimum Gasteiger partial charge on any atom is -0.340 e. The summed E-state index contributed by atoms with van der Waals surface area (Å²) in [6.45, 7) is 0. The van der Waals surface area contributed by atoms with Gasteiger partial charge in [0.2, 0.25) is 0 Å². The molecule has 5 heteroatoms. The number of anilines is 2. The highest BCUT2D eigenvalue weighted by Crippen LogP contribution is 2.27. The van der Waals surface area contributed by atoms with Crippen LogP contribution >= 0.6 is 39.1 Å². The van der Waals surface area contributed by atoms with Crippen LogP contribution in [0.15, 0.2) is 41.0 Å². The summed E-state index contributed by atoms with van der Waals surface area (Å²) < 4.78 is 0.841. The molecule has 0 saturated carbocycles. The van der Waals surface area contributed by atoms with Crippen LogP contribution in [0.4, 0.5) is 11.5 Å². The molecule has 1 aromatic heterocycles. The summed E-state index contributed by atoms with van der Waals surface area (Å²) in [7, 11) is 0. The maximum atomic E-state index is 5.90. The van der Waals surface area contributed by atoms with Gasteiger partial charge in [-0.25, -0.2) is 4.98 Å². The molecule has 0 aliphatic heterocycles. The zero-order chi connectivity index (χ0) is 11.5. The van der Waals surface area contributed by atoms with Crippen molar-refractivity contribution >= 4 is 50.6 Å². The van der Waals surface area contributed by atoms with Crippen molar-refractivity contribution in [2.75, 3.05) is 5.32 Å². The van der Waals surface area contributed by atoms with Crippen molar-refractivity contribution in [3.05, 3.63) is 51.0 Å². The maximum Gasteiger partial charge on any atom is 0.130 e. The minimum atomic E-state index is 0.614. The zero-order valence-electron chi connectivity index (χ0n) is 8.05. The molecule has 0 bridgehead atoms. The van der Waals surface area contributed by atoms with E-state index in [-0.39, 0.29) is 0 Å². The van der Waals surface area contributed by atoms with E-state index in [0.717, 1.165) is 16.0 Å². The van der Waals surface area contributed by atoms with E-state index in [1.807, 2.05) is 24.3 Å². The first-order chi connectivity index (χ1) is 7.65. The zero-order valence-corrected chi connectivity index (χ0v) is 11.1. The van der Waals surface area contributed by atoms with Gasteiger partial charge in [-0.05, 0) is 46.3 Å². The number of hydrogen-bond acceptors (Lipinski definition) is 2. The molecule has 0 aliphatic rings. The summed E-state index contributed by atoms with van der Waals surface area (Å²) in [5, 5.41) is 4.43. The molecule has 0 spiro atoms. The van der Waals surface area contributed by atoms with Crippen LogP contribution in [-0.4, -0.2) is 4.98 Å². The number of nitrogens with zero attached hydrogens (tertiary/aromatic N) is 1. The molecule has 0 atom stereocenters. The summed E-state index contributed by atoms with van der Waals surface area (Å²) in [5.41, 5.74) is 0.908. The molecule has 1 aromatic carbocycles. The fourth-order valence-electron chi connectivity index (χ4n) is 1.17. The van der Waals surface area contributed by atoms with Crippen molar-refractivity contribution in [1.29, 1.82) is 0 Å². The Kier molecular flexibility index (Phi) is 3.69. The van der Waals surface area contributed by atoms with E-state index in [1.54, 1.807) is 12.3 Å². The van der Waals surface area contributed by atoms with E-state index in [9.17, 15) is 0 Å². The van der Waals surface area contributed by atoms with Gasteiger partial charge in [-0.15, -0.1) is 0 Å². The van der Waals surface area contributed by atoms with Crippen LogP contribution in [0.3, 0.4) is 0 Å². The predicted molar refractivity (Wildman–Crippen MR) is 71.7 cm³/mol. The minimum absolute atomic E-state index is 0.614. The maximum absolute atomic E-state index is 5.90. The highest BCUT2D eigenvalue weighted by molar-refractivity contribution is 9.10. The second-order valence-electron chi connectivity index (χ2n) is 3.12. The summed E-state index contributed by atoms with van der Waals surface area (Å²) >= 11 is 15.0. The van der Waals surface area contributed by atoms with Crippen molar-refractivity contribution in [3.8, 4) is 0 Å². The summed E-state index contributed by atoms with van der Waals surface area (Å²) in [6.07, 6.45) is 1.59. The monoisotopic (exact) mass is 316 g/mol. The van der Waals surface area contributed by atoms with Gasteiger partial charge in [-0.2, -0.15) is 0 Å². The van der Waals surface area contributed by atoms with Crippen LogP contribution in [0.5, 0.6) is 0 Å². The highest BCUT2D eigenvalue weighted by Gasteiger charge is 2.00. The molecule has 2 aromatic rings. The Morgan fingerprint density at radius 3 is 2.56 bits per heavy atom. The van der Waals surface area contributed by atoms with Crippen LogP contribution < -0.4 is 5.32 Å². The Labute approximate surface area is 112 Å². The molecule has 1 heterocycles. The number of rotatable bonds is 2. The fraction of sp³-hybridized carbons (Fsp3) is 0. The predicted octanol–water partition coefficient (Wildman–Crippen LogP) is 4.89. The second kappa shape index (κ2) is 5.04. The average Bonchev–Trinajstić information content (AvgIpc) is 2.27. The molecule has 0 aliphatic carbocycles. The Balaban J connectivity index is 2.20. The molecule has 2 rings (SSSR count). The second-order valence-corrected chi connectivity index (χ2v) is 4.81. The summed E-state index contributed by atoms with van der Waals surface area (Å²) in [4.78, 5) is 4.13. The molecule has 0 saturated heterocycles. The van der Waals surface area contributed by atoms with Gasteiger partial charge in [0.1, 0.15) is 5.82 Å². The number of pyridine rings is 1. The summed E-state index contributed by atoms with van der Waals surface area (Å²) in [6, 6.07) is 9.17. The lowest BCUT2D eigenvalue weighted by Crippen LogP contribution is -1.92. The molecular weight excluding hydrogens is 311 g/mol. The molecule has 0 unspecified atom stereocenters. The van der Waals surface area contributed by atoms with Gasteiger partial charge in [0.05, 0.1) is 10.0 Å². The molecule has 0 amide bonds. The Bertz CT molecular complexity index is 500. The number of aromatic nitrogens is 1. The molecule has 0 fully saturated rings. The van der Waals surface area contributed by atoms with Gasteiger partial charge in [-0.3, -0.25) is 0 Å². The lowest BCUT2D eigenvalue weighted by Gasteiger charge is -2.06. The number of nitrogens with one attached hydrogen (secondary N) is 1. The van der Waals surface area contributed by atoms with Crippen molar-refractivity contribution in [3.63, 3.8) is 0 Å². The molecular formula is C11H7BrCl2N2. The van der Waals surface area contributed by atoms with Crippen LogP contribution in [0, 0.1) is 0 Å². The normalized spacial score (nSPS) is 10.2. The average molecular weight is 318 g/mol. The van der Waals surface area contributed by atoms with E-state index in [2.05, 4.69) is 26.2 Å². The first-order valence-electron chi connectivity index (χ1n) is 4.49. The Morgan fingerprint density at radius 1 is 1.12 bits per heavy atom. The third kappa shape index (κ3) is 2.88. The standard InChI is InChI=1S/C11H7BrCl2N2/c12-9-5-8(2-3-10(9)14)16-11-4-1-7(13)6-15-11/h1-6H,(H,15,16). The van der Waals surface area contributed by atoms with Crippen LogP contribution in [-0.2, 0) is 0 Å². The van der Waals surface area contributed by atoms with E-state index in [1.165, 1.54) is 0 Å². The molecule has 2 nitrogen and oxygen atoms in total. The van der Waals surface area contributed by atoms with Gasteiger partial charge in [0.15, 0.2) is 0 Å². The molecule has 1 N–H and O–H groups in total. The molecule has 82 valence electrons. The lowest BCUT2D eigenvalue weighted by molar-refractivity contribution is 1.31. The van der Waals surface area contributed by atoms with E-state index < -0.39 is 0 Å². The highest BCUT2D eigenvalue weighted by atomic mass is 79.9. The van der Waals surface area contributed by atoms with Crippen molar-refractivity contribution in [2.45, 2.75) is 0 Å². The third-order valence-electron chi connectivity index (χ3n) is 1.92. The number of benzene rings is 1. The van der Waals surface area contributed by atoms with Crippen molar-refractivity contribution in [1.82, 2.24) is 4.98 Å². The topological polar surface area (TPSA) is 24.9 Å². The first-order valence-corrected chi connectivity index (χ1v) is 6.04. The van der Waals surface area contributed by atoms with Gasteiger partial charge in [0, 0.05) is 16.4 Å². The third-order valence-corrected chi connectivity index (χ3v) is 3.36. The largest absolute Gasteiger partial charge is 0.340 e. The number of hydrogen-bond donors (Lipinski definition) is 1. The fourth-order valence-corrected chi connectivity index (χ4v) is 1.78. The first kappa shape index (κ1) is 11.7. The molecule has 0 radical (unpaired) electrons. The smallest absolute Gasteiger partial charge is 0.130 e. The van der Waals surface area contributed by atoms with Crippen molar-refractivity contribution in [2.24, 2.45) is 0 Å². The van der Waals surface area contributed by atoms with E-state index in [4.69, 9.17) is 23.2 Å². The Hall–Kier alpha value is -0.770. The van der Waals surface area contributed by atoms with Gasteiger partial charge in [0.25, 0.3) is 0 Å². The quantitative estimate of drug-likeness (QED) is 0.852. The van der Waals surface area contributed by atoms with Crippen LogP contribution in [0.2, 0.25) is 10.0 Å². The summed E-state index contributed by atoms with van der Waals surface area (Å²) in [5.74, 6) is 0.735. The van der Waals surface area contributed by atoms with Gasteiger partial charge >= 0.3 is 0 Å². The van der Waals surface area contributed by atoms with Gasteiger partial charge in [-0.1, -0.05) is 23.2 Å². The van der Waals surface area contributed by atoms with Crippen LogP contribution in [0.25, 0.3) is 0 Å². The van der Waals surface area contributed by atoms with E-state index >= 15 is 0 Å². The Morgan fingerprint density at radius 2 is 1.94 bits per heavy atom. The lowest BCUT2D eigenvalue weighted by atomic mass is 10.3. The van der Waals surface area contributed by atoms with Crippen LogP contribution in [0.1, 0.15) is 0 Å². The molecule has 16 heavy (non-hydrogen) atoms. The SMILES string of the molecule is Clc1ccc(Nc2ccc(Cl)c(Br)c2)nc1. The van der Waals surface area contributed by atoms with Crippen molar-refractivity contribution < 1.29 is 0 Å². The van der Waals surface area contributed by atoms with E-state index in [0.29, 0.717) is 10.0 Å². The number of halogens is 3.